The monoisotopic (exact) mass is 522 g/mol. The van der Waals surface area contributed by atoms with Crippen LogP contribution in [0.1, 0.15) is 64.0 Å². The third-order valence-electron chi connectivity index (χ3n) is 8.02. The van der Waals surface area contributed by atoms with Gasteiger partial charge in [0.2, 0.25) is 5.95 Å². The van der Waals surface area contributed by atoms with Gasteiger partial charge in [-0.1, -0.05) is 29.8 Å². The van der Waals surface area contributed by atoms with E-state index >= 15 is 0 Å². The molecule has 1 aromatic heterocycles. The molecule has 4 aliphatic rings. The number of aromatic nitrogens is 2. The number of halogens is 1. The lowest BCUT2D eigenvalue weighted by Gasteiger charge is -2.60. The summed E-state index contributed by atoms with van der Waals surface area (Å²) in [5.74, 6) is 2.60. The van der Waals surface area contributed by atoms with Crippen LogP contribution in [0.2, 0.25) is 5.02 Å². The van der Waals surface area contributed by atoms with E-state index in [1.807, 2.05) is 45.0 Å². The molecular formula is C28H35ClN6O2. The molecule has 1 heterocycles. The molecule has 4 saturated carbocycles. The molecule has 0 spiro atoms. The molecule has 2 aromatic rings. The number of amides is 1. The Morgan fingerprint density at radius 2 is 1.92 bits per heavy atom. The summed E-state index contributed by atoms with van der Waals surface area (Å²) in [4.78, 5) is 21.4. The summed E-state index contributed by atoms with van der Waals surface area (Å²) in [7, 11) is 0. The van der Waals surface area contributed by atoms with Crippen molar-refractivity contribution in [3.8, 4) is 6.07 Å². The maximum atomic E-state index is 12.5. The molecule has 0 saturated heterocycles. The van der Waals surface area contributed by atoms with Crippen molar-refractivity contribution < 1.29 is 9.53 Å². The molecule has 4 fully saturated rings. The van der Waals surface area contributed by atoms with Gasteiger partial charge in [-0.2, -0.15) is 10.2 Å². The van der Waals surface area contributed by atoms with E-state index < -0.39 is 5.60 Å². The normalized spacial score (nSPS) is 27.9. The highest BCUT2D eigenvalue weighted by atomic mass is 35.5. The number of alkyl carbamates (subject to hydrolysis) is 1. The number of anilines is 2. The summed E-state index contributed by atoms with van der Waals surface area (Å²) in [6, 6.07) is 10.0. The lowest BCUT2D eigenvalue weighted by atomic mass is 9.48. The van der Waals surface area contributed by atoms with E-state index in [0.717, 1.165) is 37.8 Å². The van der Waals surface area contributed by atoms with Gasteiger partial charge in [0.25, 0.3) is 0 Å². The minimum atomic E-state index is -0.502. The van der Waals surface area contributed by atoms with Crippen molar-refractivity contribution in [1.82, 2.24) is 15.3 Å². The van der Waals surface area contributed by atoms with Crippen LogP contribution in [0.4, 0.5) is 16.6 Å². The van der Waals surface area contributed by atoms with E-state index in [1.54, 1.807) is 6.20 Å². The van der Waals surface area contributed by atoms with Crippen molar-refractivity contribution in [1.29, 1.82) is 5.26 Å². The van der Waals surface area contributed by atoms with E-state index in [-0.39, 0.29) is 17.6 Å². The topological polar surface area (TPSA) is 112 Å². The third-order valence-corrected chi connectivity index (χ3v) is 8.39. The first-order chi connectivity index (χ1) is 17.6. The van der Waals surface area contributed by atoms with E-state index in [4.69, 9.17) is 16.3 Å². The van der Waals surface area contributed by atoms with Crippen molar-refractivity contribution in [2.45, 2.75) is 71.1 Å². The first-order valence-electron chi connectivity index (χ1n) is 13.1. The van der Waals surface area contributed by atoms with E-state index in [0.29, 0.717) is 46.7 Å². The quantitative estimate of drug-likeness (QED) is 0.424. The van der Waals surface area contributed by atoms with Gasteiger partial charge in [-0.15, -0.1) is 0 Å². The van der Waals surface area contributed by atoms with Gasteiger partial charge in [0, 0.05) is 24.2 Å². The zero-order valence-corrected chi connectivity index (χ0v) is 22.4. The smallest absolute Gasteiger partial charge is 0.407 e. The Morgan fingerprint density at radius 3 is 2.59 bits per heavy atom. The van der Waals surface area contributed by atoms with E-state index in [2.05, 4.69) is 32.0 Å². The average molecular weight is 523 g/mol. The minimum Gasteiger partial charge on any atom is -0.444 e. The van der Waals surface area contributed by atoms with Gasteiger partial charge >= 0.3 is 6.09 Å². The maximum absolute atomic E-state index is 12.5. The Kier molecular flexibility index (Phi) is 6.93. The van der Waals surface area contributed by atoms with Gasteiger partial charge in [-0.25, -0.2) is 9.78 Å². The number of nitrogens with zero attached hydrogens (tertiary/aromatic N) is 3. The predicted octanol–water partition coefficient (Wildman–Crippen LogP) is 5.75. The number of nitrogens with one attached hydrogen (secondary N) is 3. The highest BCUT2D eigenvalue weighted by Gasteiger charge is 2.55. The van der Waals surface area contributed by atoms with E-state index in [1.165, 1.54) is 6.42 Å². The fraction of sp³-hybridized carbons (Fsp3) is 0.571. The molecule has 5 atom stereocenters. The highest BCUT2D eigenvalue weighted by molar-refractivity contribution is 6.31. The maximum Gasteiger partial charge on any atom is 0.407 e. The Hall–Kier alpha value is -3.05. The number of carbonyl (C=O) groups excluding carboxylic acids is 1. The van der Waals surface area contributed by atoms with Crippen LogP contribution in [0, 0.1) is 34.5 Å². The van der Waals surface area contributed by atoms with Crippen LogP contribution in [0.3, 0.4) is 0 Å². The second-order valence-electron chi connectivity index (χ2n) is 12.0. The number of hydrogen-bond acceptors (Lipinski definition) is 7. The lowest BCUT2D eigenvalue weighted by Crippen LogP contribution is -2.60. The number of rotatable bonds is 7. The summed E-state index contributed by atoms with van der Waals surface area (Å²) in [6.45, 7) is 6.93. The Labute approximate surface area is 223 Å². The predicted molar refractivity (Wildman–Crippen MR) is 143 cm³/mol. The second kappa shape index (κ2) is 10.0. The molecule has 6 rings (SSSR count). The van der Waals surface area contributed by atoms with Crippen molar-refractivity contribution in [3.05, 3.63) is 46.6 Å². The molecule has 1 unspecified atom stereocenters. The zero-order valence-electron chi connectivity index (χ0n) is 21.7. The average Bonchev–Trinajstić information content (AvgIpc) is 2.83. The largest absolute Gasteiger partial charge is 0.444 e. The number of carbonyl (C=O) groups is 1. The number of hydrogen-bond donors (Lipinski definition) is 3. The molecule has 9 heteroatoms. The number of benzene rings is 1. The molecular weight excluding hydrogens is 488 g/mol. The lowest BCUT2D eigenvalue weighted by molar-refractivity contribution is -0.0703. The minimum absolute atomic E-state index is 0.144. The van der Waals surface area contributed by atoms with Gasteiger partial charge in [-0.3, -0.25) is 0 Å². The van der Waals surface area contributed by atoms with Gasteiger partial charge in [0.1, 0.15) is 23.1 Å². The third kappa shape index (κ3) is 5.77. The van der Waals surface area contributed by atoms with Crippen LogP contribution >= 0.6 is 11.6 Å². The first-order valence-corrected chi connectivity index (χ1v) is 13.5. The summed E-state index contributed by atoms with van der Waals surface area (Å²) in [6.07, 6.45) is 6.85. The van der Waals surface area contributed by atoms with Gasteiger partial charge in [0.15, 0.2) is 0 Å². The summed E-state index contributed by atoms with van der Waals surface area (Å²) >= 11 is 6.27. The molecule has 8 nitrogen and oxygen atoms in total. The van der Waals surface area contributed by atoms with Crippen molar-refractivity contribution in [2.24, 2.45) is 23.2 Å². The van der Waals surface area contributed by atoms with Crippen LogP contribution in [0.25, 0.3) is 0 Å². The fourth-order valence-electron chi connectivity index (χ4n) is 6.86. The number of nitriles is 1. The van der Waals surface area contributed by atoms with Crippen LogP contribution in [0.5, 0.6) is 0 Å². The van der Waals surface area contributed by atoms with Crippen molar-refractivity contribution >= 4 is 29.5 Å². The molecule has 196 valence electrons. The van der Waals surface area contributed by atoms with Crippen molar-refractivity contribution in [2.75, 3.05) is 17.2 Å². The molecule has 0 radical (unpaired) electrons. The molecule has 1 aromatic carbocycles. The summed E-state index contributed by atoms with van der Waals surface area (Å²) < 4.78 is 5.55. The molecule has 4 bridgehead atoms. The molecule has 37 heavy (non-hydrogen) atoms. The first kappa shape index (κ1) is 25.6. The molecule has 3 N–H and O–H groups in total. The molecule has 4 aliphatic carbocycles. The summed E-state index contributed by atoms with van der Waals surface area (Å²) in [5, 5.41) is 20.3. The van der Waals surface area contributed by atoms with Gasteiger partial charge < -0.3 is 20.7 Å². The SMILES string of the molecule is CC(C)(C)OC(=O)N[C@@H]1[C@@H]2CC3C[C@H]1C[C@@](CNc1nc(NCc4ccccc4Cl)ncc1C#N)(C3)C2. The summed E-state index contributed by atoms with van der Waals surface area (Å²) in [5.41, 5.74) is 1.02. The standard InChI is InChI=1S/C28H35ClN6O2/c1-27(2,3)37-26(36)34-23-19-8-17-9-20(23)12-28(10-17,11-19)16-33-24-21(13-30)15-32-25(35-24)31-14-18-6-4-5-7-22(18)29/h4-7,15,17,19-20,23H,8-12,14,16H2,1-3H3,(H,34,36)(H2,31,32,33,35)/t17?,19-,20+,23-,28-. The van der Waals surface area contributed by atoms with Crippen molar-refractivity contribution in [3.63, 3.8) is 0 Å². The van der Waals surface area contributed by atoms with Crippen LogP contribution in [-0.4, -0.2) is 34.2 Å². The zero-order chi connectivity index (χ0) is 26.2. The van der Waals surface area contributed by atoms with Gasteiger partial charge in [0.05, 0.1) is 6.20 Å². The Morgan fingerprint density at radius 1 is 1.19 bits per heavy atom. The molecule has 0 aliphatic heterocycles. The Bertz CT molecular complexity index is 1190. The molecule has 1 amide bonds. The van der Waals surface area contributed by atoms with Crippen LogP contribution in [0.15, 0.2) is 30.5 Å². The van der Waals surface area contributed by atoms with Gasteiger partial charge in [-0.05, 0) is 87.7 Å². The highest BCUT2D eigenvalue weighted by Crippen LogP contribution is 2.60. The fourth-order valence-corrected chi connectivity index (χ4v) is 7.06. The second-order valence-corrected chi connectivity index (χ2v) is 12.4. The number of ether oxygens (including phenoxy) is 1. The van der Waals surface area contributed by atoms with Crippen LogP contribution < -0.4 is 16.0 Å². The van der Waals surface area contributed by atoms with Crippen LogP contribution in [-0.2, 0) is 11.3 Å². The van der Waals surface area contributed by atoms with E-state index in [9.17, 15) is 10.1 Å². The Balaban J connectivity index is 1.24.